The Labute approximate surface area is 99.5 Å². The molecule has 2 rings (SSSR count). The average molecular weight is 227 g/mol. The first kappa shape index (κ1) is 11.2. The Morgan fingerprint density at radius 2 is 1.82 bits per heavy atom. The highest BCUT2D eigenvalue weighted by molar-refractivity contribution is 5.89. The van der Waals surface area contributed by atoms with Crippen molar-refractivity contribution >= 4 is 11.7 Å². The van der Waals surface area contributed by atoms with Crippen LogP contribution >= 0.6 is 0 Å². The standard InChI is InChI=1S/C14H13NO2/c1-9-7-11(5-6-13(9)15)10-3-2-4-12(8-10)14(16)17/h2-8H,15H2,1H3,(H,16,17). The molecule has 17 heavy (non-hydrogen) atoms. The van der Waals surface area contributed by atoms with Gasteiger partial charge in [0, 0.05) is 5.69 Å². The Balaban J connectivity index is 2.49. The Morgan fingerprint density at radius 1 is 1.12 bits per heavy atom. The zero-order valence-corrected chi connectivity index (χ0v) is 9.47. The summed E-state index contributed by atoms with van der Waals surface area (Å²) in [5.74, 6) is -0.918. The number of hydrogen-bond acceptors (Lipinski definition) is 2. The number of rotatable bonds is 2. The third kappa shape index (κ3) is 2.28. The lowest BCUT2D eigenvalue weighted by molar-refractivity contribution is 0.0697. The molecular weight excluding hydrogens is 214 g/mol. The maximum atomic E-state index is 10.9. The van der Waals surface area contributed by atoms with Gasteiger partial charge < -0.3 is 10.8 Å². The topological polar surface area (TPSA) is 63.3 Å². The molecule has 3 heteroatoms. The van der Waals surface area contributed by atoms with Crippen molar-refractivity contribution < 1.29 is 9.90 Å². The molecule has 86 valence electrons. The molecule has 0 aliphatic rings. The fourth-order valence-electron chi connectivity index (χ4n) is 1.69. The number of aromatic carboxylic acids is 1. The fourth-order valence-corrected chi connectivity index (χ4v) is 1.69. The molecule has 0 heterocycles. The smallest absolute Gasteiger partial charge is 0.335 e. The molecule has 2 aromatic rings. The number of carbonyl (C=O) groups is 1. The van der Waals surface area contributed by atoms with Gasteiger partial charge in [0.05, 0.1) is 5.56 Å². The molecular formula is C14H13NO2. The molecule has 0 unspecified atom stereocenters. The van der Waals surface area contributed by atoms with Crippen LogP contribution in [-0.4, -0.2) is 11.1 Å². The van der Waals surface area contributed by atoms with Crippen molar-refractivity contribution in [2.45, 2.75) is 6.92 Å². The summed E-state index contributed by atoms with van der Waals surface area (Å²) in [5.41, 5.74) is 9.62. The monoisotopic (exact) mass is 227 g/mol. The van der Waals surface area contributed by atoms with Crippen LogP contribution in [0.1, 0.15) is 15.9 Å². The molecule has 0 atom stereocenters. The fraction of sp³-hybridized carbons (Fsp3) is 0.0714. The highest BCUT2D eigenvalue weighted by atomic mass is 16.4. The largest absolute Gasteiger partial charge is 0.478 e. The van der Waals surface area contributed by atoms with Crippen molar-refractivity contribution in [2.24, 2.45) is 0 Å². The predicted molar refractivity (Wildman–Crippen MR) is 68.0 cm³/mol. The second-order valence-electron chi connectivity index (χ2n) is 3.96. The molecule has 0 saturated heterocycles. The molecule has 0 fully saturated rings. The van der Waals surface area contributed by atoms with Gasteiger partial charge >= 0.3 is 5.97 Å². The summed E-state index contributed by atoms with van der Waals surface area (Å²) in [5, 5.41) is 8.93. The molecule has 0 aliphatic heterocycles. The van der Waals surface area contributed by atoms with Crippen LogP contribution in [0.25, 0.3) is 11.1 Å². The molecule has 0 aliphatic carbocycles. The third-order valence-electron chi connectivity index (χ3n) is 2.71. The van der Waals surface area contributed by atoms with E-state index in [-0.39, 0.29) is 5.56 Å². The van der Waals surface area contributed by atoms with Gasteiger partial charge in [0.2, 0.25) is 0 Å². The summed E-state index contributed by atoms with van der Waals surface area (Å²) < 4.78 is 0. The van der Waals surface area contributed by atoms with Gasteiger partial charge in [-0.3, -0.25) is 0 Å². The van der Waals surface area contributed by atoms with Crippen molar-refractivity contribution in [3.05, 3.63) is 53.6 Å². The van der Waals surface area contributed by atoms with E-state index in [9.17, 15) is 4.79 Å². The summed E-state index contributed by atoms with van der Waals surface area (Å²) in [6, 6.07) is 12.5. The second-order valence-corrected chi connectivity index (χ2v) is 3.96. The Hall–Kier alpha value is -2.29. The summed E-state index contributed by atoms with van der Waals surface area (Å²) in [6.07, 6.45) is 0. The maximum Gasteiger partial charge on any atom is 0.335 e. The van der Waals surface area contributed by atoms with E-state index < -0.39 is 5.97 Å². The van der Waals surface area contributed by atoms with Crippen molar-refractivity contribution in [3.8, 4) is 11.1 Å². The molecule has 0 spiro atoms. The first-order valence-corrected chi connectivity index (χ1v) is 5.28. The van der Waals surface area contributed by atoms with E-state index in [0.29, 0.717) is 0 Å². The van der Waals surface area contributed by atoms with Crippen LogP contribution in [0.15, 0.2) is 42.5 Å². The van der Waals surface area contributed by atoms with Gasteiger partial charge in [0.25, 0.3) is 0 Å². The number of hydrogen-bond donors (Lipinski definition) is 2. The normalized spacial score (nSPS) is 10.2. The van der Waals surface area contributed by atoms with E-state index in [0.717, 1.165) is 22.4 Å². The first-order chi connectivity index (χ1) is 8.08. The van der Waals surface area contributed by atoms with E-state index >= 15 is 0 Å². The number of nitrogen functional groups attached to an aromatic ring is 1. The van der Waals surface area contributed by atoms with Crippen LogP contribution in [0.4, 0.5) is 5.69 Å². The van der Waals surface area contributed by atoms with Gasteiger partial charge in [-0.1, -0.05) is 18.2 Å². The van der Waals surface area contributed by atoms with E-state index in [1.54, 1.807) is 18.2 Å². The minimum Gasteiger partial charge on any atom is -0.478 e. The lowest BCUT2D eigenvalue weighted by atomic mass is 10.0. The van der Waals surface area contributed by atoms with Crippen LogP contribution in [0.5, 0.6) is 0 Å². The number of carboxylic acid groups (broad SMARTS) is 1. The van der Waals surface area contributed by atoms with E-state index in [1.807, 2.05) is 31.2 Å². The zero-order chi connectivity index (χ0) is 12.4. The number of anilines is 1. The van der Waals surface area contributed by atoms with Gasteiger partial charge in [-0.2, -0.15) is 0 Å². The molecule has 0 bridgehead atoms. The number of benzene rings is 2. The van der Waals surface area contributed by atoms with Gasteiger partial charge in [-0.15, -0.1) is 0 Å². The summed E-state index contributed by atoms with van der Waals surface area (Å²) in [4.78, 5) is 10.9. The van der Waals surface area contributed by atoms with Crippen LogP contribution < -0.4 is 5.73 Å². The molecule has 0 radical (unpaired) electrons. The Morgan fingerprint density at radius 3 is 2.47 bits per heavy atom. The summed E-state index contributed by atoms with van der Waals surface area (Å²) in [6.45, 7) is 1.93. The highest BCUT2D eigenvalue weighted by Gasteiger charge is 2.05. The third-order valence-corrected chi connectivity index (χ3v) is 2.71. The molecule has 3 nitrogen and oxygen atoms in total. The molecule has 0 amide bonds. The predicted octanol–water partition coefficient (Wildman–Crippen LogP) is 2.94. The molecule has 2 aromatic carbocycles. The van der Waals surface area contributed by atoms with Gasteiger partial charge in [0.15, 0.2) is 0 Å². The molecule has 0 saturated carbocycles. The van der Waals surface area contributed by atoms with Crippen LogP contribution in [0.2, 0.25) is 0 Å². The number of aryl methyl sites for hydroxylation is 1. The van der Waals surface area contributed by atoms with Crippen LogP contribution in [-0.2, 0) is 0 Å². The Bertz CT molecular complexity index is 576. The minimum absolute atomic E-state index is 0.289. The second kappa shape index (κ2) is 4.29. The number of carboxylic acids is 1. The molecule has 0 aromatic heterocycles. The Kier molecular flexibility index (Phi) is 2.83. The number of nitrogens with two attached hydrogens (primary N) is 1. The first-order valence-electron chi connectivity index (χ1n) is 5.28. The summed E-state index contributed by atoms with van der Waals surface area (Å²) >= 11 is 0. The highest BCUT2D eigenvalue weighted by Crippen LogP contribution is 2.24. The SMILES string of the molecule is Cc1cc(-c2cccc(C(=O)O)c2)ccc1N. The van der Waals surface area contributed by atoms with Crippen molar-refractivity contribution in [3.63, 3.8) is 0 Å². The molecule has 3 N–H and O–H groups in total. The maximum absolute atomic E-state index is 10.9. The lowest BCUT2D eigenvalue weighted by Gasteiger charge is -2.06. The van der Waals surface area contributed by atoms with Crippen molar-refractivity contribution in [1.82, 2.24) is 0 Å². The quantitative estimate of drug-likeness (QED) is 0.775. The van der Waals surface area contributed by atoms with Crippen molar-refractivity contribution in [1.29, 1.82) is 0 Å². The van der Waals surface area contributed by atoms with E-state index in [1.165, 1.54) is 0 Å². The summed E-state index contributed by atoms with van der Waals surface area (Å²) in [7, 11) is 0. The van der Waals surface area contributed by atoms with Gasteiger partial charge in [-0.05, 0) is 47.9 Å². The van der Waals surface area contributed by atoms with Crippen LogP contribution in [0.3, 0.4) is 0 Å². The van der Waals surface area contributed by atoms with E-state index in [2.05, 4.69) is 0 Å². The van der Waals surface area contributed by atoms with Crippen LogP contribution in [0, 0.1) is 6.92 Å². The zero-order valence-electron chi connectivity index (χ0n) is 9.47. The van der Waals surface area contributed by atoms with Gasteiger partial charge in [-0.25, -0.2) is 4.79 Å². The lowest BCUT2D eigenvalue weighted by Crippen LogP contribution is -1.96. The van der Waals surface area contributed by atoms with Crippen molar-refractivity contribution in [2.75, 3.05) is 5.73 Å². The van der Waals surface area contributed by atoms with E-state index in [4.69, 9.17) is 10.8 Å². The average Bonchev–Trinajstić information content (AvgIpc) is 2.33. The minimum atomic E-state index is -0.918. The van der Waals surface area contributed by atoms with Gasteiger partial charge in [0.1, 0.15) is 0 Å².